The first-order valence-corrected chi connectivity index (χ1v) is 5.83. The molecule has 0 aliphatic carbocycles. The van der Waals surface area contributed by atoms with E-state index >= 15 is 0 Å². The molecule has 0 saturated carbocycles. The van der Waals surface area contributed by atoms with Crippen molar-refractivity contribution in [2.45, 2.75) is 19.3 Å². The Morgan fingerprint density at radius 2 is 1.94 bits per heavy atom. The molecular weight excluding hydrogens is 239 g/mol. The molecule has 0 unspecified atom stereocenters. The number of amides is 1. The molecule has 1 amide bonds. The summed E-state index contributed by atoms with van der Waals surface area (Å²) < 4.78 is 13.6. The smallest absolute Gasteiger partial charge is 0.270 e. The second-order valence-corrected chi connectivity index (χ2v) is 4.27. The number of nitrogens with zero attached hydrogens (tertiary/aromatic N) is 2. The number of non-ortho nitro benzene ring substituents is 1. The summed E-state index contributed by atoms with van der Waals surface area (Å²) in [5.41, 5.74) is -0.483. The third kappa shape index (κ3) is 2.47. The van der Waals surface area contributed by atoms with Crippen molar-refractivity contribution >= 4 is 11.6 Å². The van der Waals surface area contributed by atoms with Gasteiger partial charge in [0.1, 0.15) is 5.82 Å². The van der Waals surface area contributed by atoms with Crippen LogP contribution < -0.4 is 0 Å². The predicted octanol–water partition coefficient (Wildman–Crippen LogP) is 2.36. The zero-order valence-electron chi connectivity index (χ0n) is 9.76. The predicted molar refractivity (Wildman–Crippen MR) is 62.8 cm³/mol. The van der Waals surface area contributed by atoms with Gasteiger partial charge in [-0.2, -0.15) is 0 Å². The fraction of sp³-hybridized carbons (Fsp3) is 0.417. The van der Waals surface area contributed by atoms with E-state index in [0.717, 1.165) is 37.5 Å². The lowest BCUT2D eigenvalue weighted by atomic mass is 10.1. The molecule has 1 aromatic carbocycles. The van der Waals surface area contributed by atoms with Crippen LogP contribution >= 0.6 is 0 Å². The second kappa shape index (κ2) is 5.12. The molecule has 0 atom stereocenters. The monoisotopic (exact) mass is 252 g/mol. The molecule has 0 N–H and O–H groups in total. The topological polar surface area (TPSA) is 63.4 Å². The number of hydrogen-bond donors (Lipinski definition) is 0. The van der Waals surface area contributed by atoms with Crippen LogP contribution in [-0.2, 0) is 0 Å². The molecule has 0 bridgehead atoms. The third-order valence-corrected chi connectivity index (χ3v) is 3.03. The maximum absolute atomic E-state index is 13.6. The number of nitro groups is 1. The lowest BCUT2D eigenvalue weighted by Gasteiger charge is -2.26. The summed E-state index contributed by atoms with van der Waals surface area (Å²) in [5.74, 6) is -1.17. The van der Waals surface area contributed by atoms with Crippen LogP contribution in [0.5, 0.6) is 0 Å². The Morgan fingerprint density at radius 3 is 2.56 bits per heavy atom. The zero-order valence-corrected chi connectivity index (χ0v) is 9.76. The van der Waals surface area contributed by atoms with Crippen molar-refractivity contribution in [3.63, 3.8) is 0 Å². The minimum Gasteiger partial charge on any atom is -0.339 e. The highest BCUT2D eigenvalue weighted by atomic mass is 19.1. The highest BCUT2D eigenvalue weighted by Crippen LogP contribution is 2.20. The molecule has 18 heavy (non-hydrogen) atoms. The summed E-state index contributed by atoms with van der Waals surface area (Å²) in [4.78, 5) is 23.6. The quantitative estimate of drug-likeness (QED) is 0.599. The Labute approximate surface area is 103 Å². The molecular formula is C12H13FN2O3. The van der Waals surface area contributed by atoms with Gasteiger partial charge < -0.3 is 4.90 Å². The Kier molecular flexibility index (Phi) is 3.55. The van der Waals surface area contributed by atoms with E-state index in [0.29, 0.717) is 13.1 Å². The fourth-order valence-electron chi connectivity index (χ4n) is 2.06. The van der Waals surface area contributed by atoms with Crippen molar-refractivity contribution in [2.75, 3.05) is 13.1 Å². The molecule has 1 fully saturated rings. The van der Waals surface area contributed by atoms with E-state index < -0.39 is 16.6 Å². The minimum atomic E-state index is -0.712. The SMILES string of the molecule is O=C(c1cc([N+](=O)[O-])ccc1F)N1CCCCC1. The molecule has 6 heteroatoms. The Hall–Kier alpha value is -1.98. The molecule has 0 spiro atoms. The van der Waals surface area contributed by atoms with Gasteiger partial charge in [0, 0.05) is 25.2 Å². The Bertz CT molecular complexity index is 484. The summed E-state index contributed by atoms with van der Waals surface area (Å²) in [5, 5.41) is 10.6. The summed E-state index contributed by atoms with van der Waals surface area (Å²) in [7, 11) is 0. The average Bonchev–Trinajstić information content (AvgIpc) is 2.39. The molecule has 1 heterocycles. The summed E-state index contributed by atoms with van der Waals surface area (Å²) in [6.07, 6.45) is 2.84. The number of piperidine rings is 1. The molecule has 96 valence electrons. The van der Waals surface area contributed by atoms with Gasteiger partial charge in [0.25, 0.3) is 11.6 Å². The average molecular weight is 252 g/mol. The lowest BCUT2D eigenvalue weighted by Crippen LogP contribution is -2.36. The van der Waals surface area contributed by atoms with Gasteiger partial charge in [0.05, 0.1) is 10.5 Å². The van der Waals surface area contributed by atoms with E-state index in [-0.39, 0.29) is 11.3 Å². The lowest BCUT2D eigenvalue weighted by molar-refractivity contribution is -0.384. The van der Waals surface area contributed by atoms with E-state index in [1.54, 1.807) is 4.90 Å². The van der Waals surface area contributed by atoms with Crippen molar-refractivity contribution in [1.82, 2.24) is 4.90 Å². The highest BCUT2D eigenvalue weighted by molar-refractivity contribution is 5.95. The molecule has 0 aromatic heterocycles. The van der Waals surface area contributed by atoms with Gasteiger partial charge in [-0.15, -0.1) is 0 Å². The summed E-state index contributed by atoms with van der Waals surface area (Å²) in [6.45, 7) is 1.17. The largest absolute Gasteiger partial charge is 0.339 e. The van der Waals surface area contributed by atoms with E-state index in [1.807, 2.05) is 0 Å². The van der Waals surface area contributed by atoms with E-state index in [9.17, 15) is 19.3 Å². The van der Waals surface area contributed by atoms with Crippen molar-refractivity contribution in [3.05, 3.63) is 39.7 Å². The van der Waals surface area contributed by atoms with Crippen molar-refractivity contribution in [1.29, 1.82) is 0 Å². The van der Waals surface area contributed by atoms with Crippen molar-refractivity contribution in [2.24, 2.45) is 0 Å². The fourth-order valence-corrected chi connectivity index (χ4v) is 2.06. The van der Waals surface area contributed by atoms with E-state index in [1.165, 1.54) is 0 Å². The molecule has 1 aromatic rings. The van der Waals surface area contributed by atoms with Gasteiger partial charge in [-0.25, -0.2) is 4.39 Å². The number of halogens is 1. The summed E-state index contributed by atoms with van der Waals surface area (Å²) >= 11 is 0. The van der Waals surface area contributed by atoms with Gasteiger partial charge in [-0.05, 0) is 25.3 Å². The van der Waals surface area contributed by atoms with Gasteiger partial charge in [0.15, 0.2) is 0 Å². The molecule has 1 aliphatic rings. The van der Waals surface area contributed by atoms with Crippen LogP contribution in [0, 0.1) is 15.9 Å². The number of hydrogen-bond acceptors (Lipinski definition) is 3. The maximum Gasteiger partial charge on any atom is 0.270 e. The minimum absolute atomic E-state index is 0.217. The van der Waals surface area contributed by atoms with Gasteiger partial charge >= 0.3 is 0 Å². The molecule has 2 rings (SSSR count). The van der Waals surface area contributed by atoms with Crippen LogP contribution in [0.2, 0.25) is 0 Å². The molecule has 0 radical (unpaired) electrons. The molecule has 5 nitrogen and oxygen atoms in total. The Balaban J connectivity index is 2.28. The first-order valence-electron chi connectivity index (χ1n) is 5.83. The first-order chi connectivity index (χ1) is 8.59. The number of nitro benzene ring substituents is 1. The first kappa shape index (κ1) is 12.5. The van der Waals surface area contributed by atoms with E-state index in [2.05, 4.69) is 0 Å². The number of carbonyl (C=O) groups excluding carboxylic acids is 1. The number of rotatable bonds is 2. The van der Waals surface area contributed by atoms with Crippen LogP contribution in [0.25, 0.3) is 0 Å². The van der Waals surface area contributed by atoms with Crippen LogP contribution in [0.15, 0.2) is 18.2 Å². The zero-order chi connectivity index (χ0) is 13.1. The van der Waals surface area contributed by atoms with Crippen LogP contribution in [-0.4, -0.2) is 28.8 Å². The van der Waals surface area contributed by atoms with Crippen molar-refractivity contribution in [3.8, 4) is 0 Å². The normalized spacial score (nSPS) is 15.5. The van der Waals surface area contributed by atoms with Gasteiger partial charge in [0.2, 0.25) is 0 Å². The molecule has 1 aliphatic heterocycles. The Morgan fingerprint density at radius 1 is 1.28 bits per heavy atom. The van der Waals surface area contributed by atoms with Crippen LogP contribution in [0.4, 0.5) is 10.1 Å². The summed E-state index contributed by atoms with van der Waals surface area (Å²) in [6, 6.07) is 3.03. The van der Waals surface area contributed by atoms with Crippen LogP contribution in [0.1, 0.15) is 29.6 Å². The molecule has 1 saturated heterocycles. The third-order valence-electron chi connectivity index (χ3n) is 3.03. The standard InChI is InChI=1S/C12H13FN2O3/c13-11-5-4-9(15(17)18)8-10(11)12(16)14-6-2-1-3-7-14/h4-5,8H,1-3,6-7H2. The van der Waals surface area contributed by atoms with Gasteiger partial charge in [-0.1, -0.05) is 0 Å². The highest BCUT2D eigenvalue weighted by Gasteiger charge is 2.23. The van der Waals surface area contributed by atoms with Crippen molar-refractivity contribution < 1.29 is 14.1 Å². The maximum atomic E-state index is 13.6. The second-order valence-electron chi connectivity index (χ2n) is 4.27. The van der Waals surface area contributed by atoms with E-state index in [4.69, 9.17) is 0 Å². The number of likely N-dealkylation sites (tertiary alicyclic amines) is 1. The van der Waals surface area contributed by atoms with Gasteiger partial charge in [-0.3, -0.25) is 14.9 Å². The number of benzene rings is 1. The van der Waals surface area contributed by atoms with Crippen LogP contribution in [0.3, 0.4) is 0 Å². The number of carbonyl (C=O) groups is 1.